The van der Waals surface area contributed by atoms with E-state index in [9.17, 15) is 8.42 Å². The third-order valence-electron chi connectivity index (χ3n) is 2.42. The third-order valence-corrected chi connectivity index (χ3v) is 4.27. The number of nitrogens with two attached hydrogens (primary N) is 1. The number of aryl methyl sites for hydroxylation is 1. The first-order valence-electron chi connectivity index (χ1n) is 5.45. The highest BCUT2D eigenvalue weighted by Crippen LogP contribution is 2.00. The Morgan fingerprint density at radius 1 is 1.50 bits per heavy atom. The van der Waals surface area contributed by atoms with E-state index in [2.05, 4.69) is 4.98 Å². The Morgan fingerprint density at radius 3 is 2.81 bits per heavy atom. The quantitative estimate of drug-likeness (QED) is 0.755. The fraction of sp³-hybridized carbons (Fsp3) is 0.700. The summed E-state index contributed by atoms with van der Waals surface area (Å²) < 4.78 is 25.1. The minimum atomic E-state index is -3.00. The zero-order valence-electron chi connectivity index (χ0n) is 9.54. The Bertz CT molecular complexity index is 386. The highest BCUT2D eigenvalue weighted by atomic mass is 32.2. The van der Waals surface area contributed by atoms with Crippen molar-refractivity contribution in [3.8, 4) is 0 Å². The molecule has 0 saturated heterocycles. The molecule has 6 heteroatoms. The molecule has 1 heterocycles. The molecule has 1 atom stereocenters. The smallest absolute Gasteiger partial charge is 0.151 e. The van der Waals surface area contributed by atoms with Crippen LogP contribution in [0.5, 0.6) is 0 Å². The molecule has 0 spiro atoms. The Labute approximate surface area is 96.6 Å². The maximum atomic E-state index is 11.6. The molecular weight excluding hydrogens is 226 g/mol. The molecule has 5 nitrogen and oxygen atoms in total. The first kappa shape index (κ1) is 13.2. The molecule has 1 unspecified atom stereocenters. The van der Waals surface area contributed by atoms with Gasteiger partial charge in [-0.2, -0.15) is 0 Å². The number of hydrogen-bond acceptors (Lipinski definition) is 4. The van der Waals surface area contributed by atoms with E-state index in [0.29, 0.717) is 19.4 Å². The van der Waals surface area contributed by atoms with E-state index in [1.165, 1.54) is 0 Å². The maximum absolute atomic E-state index is 11.6. The van der Waals surface area contributed by atoms with Crippen LogP contribution in [0.3, 0.4) is 0 Å². The predicted octanol–water partition coefficient (Wildman–Crippen LogP) is 0.425. The normalized spacial score (nSPS) is 13.9. The lowest BCUT2D eigenvalue weighted by molar-refractivity contribution is 0.575. The van der Waals surface area contributed by atoms with Gasteiger partial charge in [0.2, 0.25) is 0 Å². The Hall–Kier alpha value is -0.880. The van der Waals surface area contributed by atoms with E-state index in [0.717, 1.165) is 0 Å². The van der Waals surface area contributed by atoms with Crippen molar-refractivity contribution in [3.05, 3.63) is 18.7 Å². The zero-order valence-corrected chi connectivity index (χ0v) is 10.4. The van der Waals surface area contributed by atoms with Gasteiger partial charge in [0.25, 0.3) is 0 Å². The van der Waals surface area contributed by atoms with Crippen molar-refractivity contribution in [1.82, 2.24) is 9.55 Å². The molecule has 0 aliphatic heterocycles. The highest BCUT2D eigenvalue weighted by Gasteiger charge is 2.14. The molecule has 0 aliphatic carbocycles. The number of aromatic nitrogens is 2. The van der Waals surface area contributed by atoms with Gasteiger partial charge in [-0.05, 0) is 12.8 Å². The van der Waals surface area contributed by atoms with Crippen LogP contribution in [0.4, 0.5) is 0 Å². The number of rotatable bonds is 7. The van der Waals surface area contributed by atoms with Crippen LogP contribution in [0.25, 0.3) is 0 Å². The maximum Gasteiger partial charge on any atom is 0.151 e. The standard InChI is InChI=1S/C10H19N3O2S/c1-2-10(11)8-16(14,15)7-3-5-13-6-4-12-9-13/h4,6,9-10H,2-3,5,7-8,11H2,1H3. The molecule has 2 N–H and O–H groups in total. The van der Waals surface area contributed by atoms with Crippen LogP contribution < -0.4 is 5.73 Å². The molecule has 0 fully saturated rings. The van der Waals surface area contributed by atoms with Crippen molar-refractivity contribution in [1.29, 1.82) is 0 Å². The number of nitrogens with zero attached hydrogens (tertiary/aromatic N) is 2. The summed E-state index contributed by atoms with van der Waals surface area (Å²) in [6.45, 7) is 2.58. The summed E-state index contributed by atoms with van der Waals surface area (Å²) in [6.07, 6.45) is 6.49. The number of imidazole rings is 1. The van der Waals surface area contributed by atoms with Gasteiger partial charge in [-0.1, -0.05) is 6.92 Å². The molecular formula is C10H19N3O2S. The first-order valence-corrected chi connectivity index (χ1v) is 7.27. The van der Waals surface area contributed by atoms with Crippen molar-refractivity contribution >= 4 is 9.84 Å². The summed E-state index contributed by atoms with van der Waals surface area (Å²) in [5.41, 5.74) is 5.63. The lowest BCUT2D eigenvalue weighted by Crippen LogP contribution is -2.30. The van der Waals surface area contributed by atoms with Gasteiger partial charge in [0.15, 0.2) is 9.84 Å². The number of sulfone groups is 1. The molecule has 1 aromatic rings. The Morgan fingerprint density at radius 2 is 2.25 bits per heavy atom. The molecule has 0 saturated carbocycles. The van der Waals surface area contributed by atoms with E-state index in [-0.39, 0.29) is 17.5 Å². The number of hydrogen-bond donors (Lipinski definition) is 1. The molecule has 1 rings (SSSR count). The van der Waals surface area contributed by atoms with Crippen molar-refractivity contribution in [2.24, 2.45) is 5.73 Å². The van der Waals surface area contributed by atoms with E-state index in [1.54, 1.807) is 12.5 Å². The molecule has 16 heavy (non-hydrogen) atoms. The van der Waals surface area contributed by atoms with Gasteiger partial charge in [0.05, 0.1) is 17.8 Å². The first-order chi connectivity index (χ1) is 7.53. The van der Waals surface area contributed by atoms with Crippen LogP contribution in [-0.2, 0) is 16.4 Å². The van der Waals surface area contributed by atoms with Gasteiger partial charge in [0.1, 0.15) is 0 Å². The summed E-state index contributed by atoms with van der Waals surface area (Å²) >= 11 is 0. The van der Waals surface area contributed by atoms with Gasteiger partial charge in [-0.15, -0.1) is 0 Å². The lowest BCUT2D eigenvalue weighted by Gasteiger charge is -2.09. The summed E-state index contributed by atoms with van der Waals surface area (Å²) in [7, 11) is -3.00. The topological polar surface area (TPSA) is 78.0 Å². The molecule has 92 valence electrons. The minimum absolute atomic E-state index is 0.0907. The van der Waals surface area contributed by atoms with Gasteiger partial charge in [-0.3, -0.25) is 0 Å². The van der Waals surface area contributed by atoms with Gasteiger partial charge in [-0.25, -0.2) is 13.4 Å². The summed E-state index contributed by atoms with van der Waals surface area (Å²) in [4.78, 5) is 3.89. The largest absolute Gasteiger partial charge is 0.337 e. The average Bonchev–Trinajstić information content (AvgIpc) is 2.69. The van der Waals surface area contributed by atoms with Crippen molar-refractivity contribution < 1.29 is 8.42 Å². The second-order valence-corrected chi connectivity index (χ2v) is 6.17. The van der Waals surface area contributed by atoms with Gasteiger partial charge >= 0.3 is 0 Å². The summed E-state index contributed by atoms with van der Waals surface area (Å²) in [5, 5.41) is 0. The second-order valence-electron chi connectivity index (χ2n) is 3.94. The van der Waals surface area contributed by atoms with Gasteiger partial charge < -0.3 is 10.3 Å². The monoisotopic (exact) mass is 245 g/mol. The molecule has 0 bridgehead atoms. The Balaban J connectivity index is 2.31. The van der Waals surface area contributed by atoms with Crippen molar-refractivity contribution in [2.45, 2.75) is 32.4 Å². The average molecular weight is 245 g/mol. The molecule has 0 amide bonds. The van der Waals surface area contributed by atoms with Crippen LogP contribution in [0, 0.1) is 0 Å². The highest BCUT2D eigenvalue weighted by molar-refractivity contribution is 7.91. The summed E-state index contributed by atoms with van der Waals surface area (Å²) in [6, 6.07) is -0.238. The van der Waals surface area contributed by atoms with Crippen LogP contribution >= 0.6 is 0 Å². The second kappa shape index (κ2) is 6.00. The third kappa shape index (κ3) is 4.76. The fourth-order valence-electron chi connectivity index (χ4n) is 1.41. The van der Waals surface area contributed by atoms with Gasteiger partial charge in [0, 0.05) is 25.0 Å². The molecule has 0 aromatic carbocycles. The van der Waals surface area contributed by atoms with Crippen molar-refractivity contribution in [2.75, 3.05) is 11.5 Å². The van der Waals surface area contributed by atoms with Crippen LogP contribution in [0.2, 0.25) is 0 Å². The predicted molar refractivity (Wildman–Crippen MR) is 63.8 cm³/mol. The Kier molecular flexibility index (Phi) is 4.95. The van der Waals surface area contributed by atoms with Crippen LogP contribution in [0.1, 0.15) is 19.8 Å². The van der Waals surface area contributed by atoms with Crippen molar-refractivity contribution in [3.63, 3.8) is 0 Å². The van der Waals surface area contributed by atoms with Crippen LogP contribution in [-0.4, -0.2) is 35.5 Å². The van der Waals surface area contributed by atoms with E-state index < -0.39 is 9.84 Å². The van der Waals surface area contributed by atoms with E-state index >= 15 is 0 Å². The minimum Gasteiger partial charge on any atom is -0.337 e. The molecule has 1 aromatic heterocycles. The van der Waals surface area contributed by atoms with E-state index in [4.69, 9.17) is 5.73 Å². The molecule has 0 radical (unpaired) electrons. The molecule has 0 aliphatic rings. The zero-order chi connectivity index (χ0) is 12.0. The fourth-order valence-corrected chi connectivity index (χ4v) is 3.04. The summed E-state index contributed by atoms with van der Waals surface area (Å²) in [5.74, 6) is 0.284. The lowest BCUT2D eigenvalue weighted by atomic mass is 10.3. The van der Waals surface area contributed by atoms with Crippen LogP contribution in [0.15, 0.2) is 18.7 Å². The SMILES string of the molecule is CCC(N)CS(=O)(=O)CCCn1ccnc1. The van der Waals surface area contributed by atoms with E-state index in [1.807, 2.05) is 17.7 Å².